The third-order valence-electron chi connectivity index (χ3n) is 4.88. The predicted octanol–water partition coefficient (Wildman–Crippen LogP) is 4.86. The third kappa shape index (κ3) is 5.58. The van der Waals surface area contributed by atoms with Crippen LogP contribution in [0.15, 0.2) is 59.7 Å². The summed E-state index contributed by atoms with van der Waals surface area (Å²) in [5.41, 5.74) is 3.66. The molecule has 3 rings (SSSR count). The normalized spacial score (nSPS) is 17.7. The summed E-state index contributed by atoms with van der Waals surface area (Å²) in [5, 5.41) is 0. The number of benzene rings is 2. The highest BCUT2D eigenvalue weighted by Gasteiger charge is 2.25. The lowest BCUT2D eigenvalue weighted by Gasteiger charge is -2.28. The van der Waals surface area contributed by atoms with Crippen LogP contribution < -0.4 is 9.47 Å². The molecule has 4 heteroatoms. The van der Waals surface area contributed by atoms with E-state index < -0.39 is 0 Å². The van der Waals surface area contributed by atoms with E-state index in [1.54, 1.807) is 0 Å². The molecule has 1 heterocycles. The molecule has 1 aliphatic rings. The molecule has 0 unspecified atom stereocenters. The molecule has 4 nitrogen and oxygen atoms in total. The van der Waals surface area contributed by atoms with Gasteiger partial charge in [0.05, 0.1) is 13.2 Å². The number of likely N-dealkylation sites (tertiary alicyclic amines) is 1. The van der Waals surface area contributed by atoms with Crippen molar-refractivity contribution in [1.29, 1.82) is 0 Å². The molecule has 152 valence electrons. The Morgan fingerprint density at radius 2 is 1.17 bits per heavy atom. The van der Waals surface area contributed by atoms with E-state index in [1.807, 2.05) is 74.5 Å². The van der Waals surface area contributed by atoms with Crippen LogP contribution in [0.25, 0.3) is 12.2 Å². The fourth-order valence-corrected chi connectivity index (χ4v) is 3.39. The maximum Gasteiger partial charge on any atom is 0.187 e. The zero-order valence-corrected chi connectivity index (χ0v) is 17.5. The number of carbonyl (C=O) groups excluding carboxylic acids is 1. The molecule has 0 aliphatic carbocycles. The molecule has 0 N–H and O–H groups in total. The molecule has 2 aromatic carbocycles. The smallest absolute Gasteiger partial charge is 0.187 e. The summed E-state index contributed by atoms with van der Waals surface area (Å²) in [7, 11) is 0. The first-order chi connectivity index (χ1) is 14.1. The fraction of sp³-hybridized carbons (Fsp3) is 0.320. The number of hydrogen-bond acceptors (Lipinski definition) is 4. The van der Waals surface area contributed by atoms with Crippen LogP contribution in [0.5, 0.6) is 11.5 Å². The number of carbonyl (C=O) groups is 1. The average Bonchev–Trinajstić information content (AvgIpc) is 2.74. The van der Waals surface area contributed by atoms with Crippen molar-refractivity contribution < 1.29 is 14.3 Å². The SMILES string of the molecule is CCOc1ccc(/C=C2/CN(CC)C/C(=C/c3ccc(OCC)cc3)C2=O)cc1. The summed E-state index contributed by atoms with van der Waals surface area (Å²) in [4.78, 5) is 15.4. The van der Waals surface area contributed by atoms with Crippen LogP contribution in [-0.2, 0) is 4.79 Å². The number of piperidine rings is 1. The molecule has 0 radical (unpaired) electrons. The molecule has 29 heavy (non-hydrogen) atoms. The summed E-state index contributed by atoms with van der Waals surface area (Å²) < 4.78 is 11.0. The zero-order chi connectivity index (χ0) is 20.6. The van der Waals surface area contributed by atoms with E-state index in [4.69, 9.17) is 9.47 Å². The van der Waals surface area contributed by atoms with Gasteiger partial charge in [-0.2, -0.15) is 0 Å². The van der Waals surface area contributed by atoms with Crippen LogP contribution in [-0.4, -0.2) is 43.5 Å². The van der Waals surface area contributed by atoms with Crippen LogP contribution in [0.3, 0.4) is 0 Å². The Morgan fingerprint density at radius 3 is 1.52 bits per heavy atom. The van der Waals surface area contributed by atoms with Gasteiger partial charge in [-0.1, -0.05) is 31.2 Å². The summed E-state index contributed by atoms with van der Waals surface area (Å²) >= 11 is 0. The number of ketones is 1. The molecule has 0 aromatic heterocycles. The molecule has 0 atom stereocenters. The number of nitrogens with zero attached hydrogens (tertiary/aromatic N) is 1. The average molecular weight is 392 g/mol. The fourth-order valence-electron chi connectivity index (χ4n) is 3.39. The van der Waals surface area contributed by atoms with Gasteiger partial charge in [0, 0.05) is 24.2 Å². The zero-order valence-electron chi connectivity index (χ0n) is 17.5. The van der Waals surface area contributed by atoms with Gasteiger partial charge in [0.1, 0.15) is 11.5 Å². The second-order valence-electron chi connectivity index (χ2n) is 6.98. The van der Waals surface area contributed by atoms with Gasteiger partial charge in [0.15, 0.2) is 5.78 Å². The monoisotopic (exact) mass is 391 g/mol. The minimum Gasteiger partial charge on any atom is -0.494 e. The van der Waals surface area contributed by atoms with Gasteiger partial charge in [-0.05, 0) is 67.9 Å². The van der Waals surface area contributed by atoms with Crippen molar-refractivity contribution in [2.45, 2.75) is 20.8 Å². The van der Waals surface area contributed by atoms with E-state index in [0.717, 1.165) is 40.3 Å². The minimum absolute atomic E-state index is 0.123. The van der Waals surface area contributed by atoms with Crippen molar-refractivity contribution in [2.24, 2.45) is 0 Å². The van der Waals surface area contributed by atoms with Gasteiger partial charge in [-0.25, -0.2) is 0 Å². The molecular formula is C25H29NO3. The van der Waals surface area contributed by atoms with Crippen molar-refractivity contribution in [3.63, 3.8) is 0 Å². The molecule has 1 saturated heterocycles. The van der Waals surface area contributed by atoms with E-state index in [9.17, 15) is 4.79 Å². The van der Waals surface area contributed by atoms with E-state index in [1.165, 1.54) is 0 Å². The van der Waals surface area contributed by atoms with Gasteiger partial charge < -0.3 is 9.47 Å². The number of rotatable bonds is 7. The largest absolute Gasteiger partial charge is 0.494 e. The van der Waals surface area contributed by atoms with E-state index >= 15 is 0 Å². The van der Waals surface area contributed by atoms with Crippen molar-refractivity contribution in [3.05, 3.63) is 70.8 Å². The highest BCUT2D eigenvalue weighted by Crippen LogP contribution is 2.23. The maximum atomic E-state index is 13.1. The summed E-state index contributed by atoms with van der Waals surface area (Å²) in [6.45, 7) is 9.58. The second-order valence-corrected chi connectivity index (χ2v) is 6.98. The molecule has 0 spiro atoms. The van der Waals surface area contributed by atoms with Gasteiger partial charge >= 0.3 is 0 Å². The summed E-state index contributed by atoms with van der Waals surface area (Å²) in [6, 6.07) is 15.7. The van der Waals surface area contributed by atoms with E-state index in [0.29, 0.717) is 26.3 Å². The Balaban J connectivity index is 1.84. The Labute approximate surface area is 173 Å². The Morgan fingerprint density at radius 1 is 0.759 bits per heavy atom. The molecule has 2 aromatic rings. The molecule has 1 aliphatic heterocycles. The lowest BCUT2D eigenvalue weighted by molar-refractivity contribution is -0.113. The minimum atomic E-state index is 0.123. The van der Waals surface area contributed by atoms with E-state index in [-0.39, 0.29) is 5.78 Å². The van der Waals surface area contributed by atoms with Gasteiger partial charge in [-0.15, -0.1) is 0 Å². The molecule has 0 saturated carbocycles. The number of hydrogen-bond donors (Lipinski definition) is 0. The van der Waals surface area contributed by atoms with Gasteiger partial charge in [0.2, 0.25) is 0 Å². The van der Waals surface area contributed by atoms with Crippen molar-refractivity contribution in [2.75, 3.05) is 32.8 Å². The van der Waals surface area contributed by atoms with Crippen LogP contribution in [0.1, 0.15) is 31.9 Å². The Kier molecular flexibility index (Phi) is 7.25. The maximum absolute atomic E-state index is 13.1. The second kappa shape index (κ2) is 10.1. The number of ether oxygens (including phenoxy) is 2. The quantitative estimate of drug-likeness (QED) is 0.632. The molecular weight excluding hydrogens is 362 g/mol. The Hall–Kier alpha value is -2.85. The summed E-state index contributed by atoms with van der Waals surface area (Å²) in [5.74, 6) is 1.81. The molecule has 0 amide bonds. The highest BCUT2D eigenvalue weighted by molar-refractivity contribution is 6.14. The Bertz CT molecular complexity index is 808. The predicted molar refractivity (Wildman–Crippen MR) is 118 cm³/mol. The van der Waals surface area contributed by atoms with Crippen LogP contribution in [0, 0.1) is 0 Å². The first-order valence-electron chi connectivity index (χ1n) is 10.3. The third-order valence-corrected chi connectivity index (χ3v) is 4.88. The lowest BCUT2D eigenvalue weighted by atomic mass is 9.94. The highest BCUT2D eigenvalue weighted by atomic mass is 16.5. The van der Waals surface area contributed by atoms with Gasteiger partial charge in [0.25, 0.3) is 0 Å². The van der Waals surface area contributed by atoms with Crippen molar-refractivity contribution in [1.82, 2.24) is 4.90 Å². The number of likely N-dealkylation sites (N-methyl/N-ethyl adjacent to an activating group) is 1. The van der Waals surface area contributed by atoms with Crippen LogP contribution >= 0.6 is 0 Å². The van der Waals surface area contributed by atoms with Crippen molar-refractivity contribution >= 4 is 17.9 Å². The van der Waals surface area contributed by atoms with E-state index in [2.05, 4.69) is 11.8 Å². The van der Waals surface area contributed by atoms with Crippen LogP contribution in [0.4, 0.5) is 0 Å². The first kappa shape index (κ1) is 20.9. The summed E-state index contributed by atoms with van der Waals surface area (Å²) in [6.07, 6.45) is 3.98. The lowest BCUT2D eigenvalue weighted by Crippen LogP contribution is -2.37. The van der Waals surface area contributed by atoms with Crippen molar-refractivity contribution in [3.8, 4) is 11.5 Å². The molecule has 0 bridgehead atoms. The van der Waals surface area contributed by atoms with Crippen LogP contribution in [0.2, 0.25) is 0 Å². The standard InChI is InChI=1S/C25H29NO3/c1-4-26-17-21(15-19-7-11-23(12-8-19)28-5-2)25(27)22(18-26)16-20-9-13-24(14-10-20)29-6-3/h7-16H,4-6,17-18H2,1-3H3/b21-15-,22-16-. The van der Waals surface area contributed by atoms with Gasteiger partial charge in [-0.3, -0.25) is 9.69 Å². The molecule has 1 fully saturated rings. The number of Topliss-reactive ketones (excluding diaryl/α,β-unsaturated/α-hetero) is 1. The first-order valence-corrected chi connectivity index (χ1v) is 10.3. The topological polar surface area (TPSA) is 38.8 Å².